The Labute approximate surface area is 114 Å². The van der Waals surface area contributed by atoms with Gasteiger partial charge in [0.1, 0.15) is 0 Å². The van der Waals surface area contributed by atoms with Crippen LogP contribution in [0.15, 0.2) is 6.07 Å². The van der Waals surface area contributed by atoms with Crippen molar-refractivity contribution in [1.29, 1.82) is 0 Å². The number of rotatable bonds is 5. The molecule has 1 N–H and O–H groups in total. The van der Waals surface area contributed by atoms with E-state index in [1.165, 1.54) is 6.42 Å². The first-order valence-corrected chi connectivity index (χ1v) is 7.60. The van der Waals surface area contributed by atoms with E-state index in [-0.39, 0.29) is 6.10 Å². The Balaban J connectivity index is 1.69. The van der Waals surface area contributed by atoms with Gasteiger partial charge in [-0.1, -0.05) is 6.92 Å². The lowest BCUT2D eigenvalue weighted by molar-refractivity contribution is 0.0423. The lowest BCUT2D eigenvalue weighted by atomic mass is 9.83. The number of hydrogen-bond acceptors (Lipinski definition) is 3. The second kappa shape index (κ2) is 5.25. The van der Waals surface area contributed by atoms with Crippen molar-refractivity contribution in [3.8, 4) is 0 Å². The van der Waals surface area contributed by atoms with E-state index in [1.807, 2.05) is 4.68 Å². The molecular weight excluding hydrogens is 240 g/mol. The second-order valence-electron chi connectivity index (χ2n) is 5.84. The molecule has 0 amide bonds. The van der Waals surface area contributed by atoms with Gasteiger partial charge in [-0.2, -0.15) is 5.10 Å². The van der Waals surface area contributed by atoms with Crippen molar-refractivity contribution in [2.75, 3.05) is 0 Å². The van der Waals surface area contributed by atoms with E-state index >= 15 is 0 Å². The van der Waals surface area contributed by atoms with Crippen molar-refractivity contribution in [2.45, 2.75) is 70.8 Å². The largest absolute Gasteiger partial charge is 0.392 e. The number of fused-ring (bicyclic) bond motifs is 2. The molecular formula is C15H24N2O2. The fourth-order valence-electron chi connectivity index (χ4n) is 3.57. The normalized spacial score (nSPS) is 31.0. The Bertz CT molecular complexity index is 443. The Morgan fingerprint density at radius 1 is 1.47 bits per heavy atom. The molecule has 2 aliphatic heterocycles. The van der Waals surface area contributed by atoms with E-state index in [0.717, 1.165) is 37.2 Å². The van der Waals surface area contributed by atoms with Crippen molar-refractivity contribution >= 4 is 0 Å². The van der Waals surface area contributed by atoms with Crippen molar-refractivity contribution in [2.24, 2.45) is 5.92 Å². The molecule has 1 aromatic heterocycles. The predicted octanol–water partition coefficient (Wildman–Crippen LogP) is 1.94. The molecule has 3 heterocycles. The molecule has 1 aromatic rings. The van der Waals surface area contributed by atoms with Crippen LogP contribution in [0.4, 0.5) is 0 Å². The van der Waals surface area contributed by atoms with E-state index < -0.39 is 0 Å². The average molecular weight is 264 g/mol. The fourth-order valence-corrected chi connectivity index (χ4v) is 3.57. The monoisotopic (exact) mass is 264 g/mol. The maximum atomic E-state index is 10.5. The Morgan fingerprint density at radius 2 is 2.32 bits per heavy atom. The minimum Gasteiger partial charge on any atom is -0.392 e. The summed E-state index contributed by atoms with van der Waals surface area (Å²) in [4.78, 5) is 0. The van der Waals surface area contributed by atoms with Gasteiger partial charge in [0.15, 0.2) is 0 Å². The third-order valence-electron chi connectivity index (χ3n) is 4.64. The summed E-state index contributed by atoms with van der Waals surface area (Å²) in [6.07, 6.45) is 5.41. The van der Waals surface area contributed by atoms with Crippen molar-refractivity contribution in [1.82, 2.24) is 9.78 Å². The van der Waals surface area contributed by atoms with E-state index in [4.69, 9.17) is 4.74 Å². The standard InChI is InChI=1S/C15H24N2O2/c1-3-10-7-11(17(4-2)16-10)8-14(18)13-9-12-5-6-15(13)19-12/h7,12-15,18H,3-6,8-9H2,1-2H3. The van der Waals surface area contributed by atoms with Crippen molar-refractivity contribution in [3.63, 3.8) is 0 Å². The van der Waals surface area contributed by atoms with E-state index in [1.54, 1.807) is 0 Å². The Hall–Kier alpha value is -0.870. The number of hydrogen-bond donors (Lipinski definition) is 1. The molecule has 4 heteroatoms. The van der Waals surface area contributed by atoms with Crippen LogP contribution in [0, 0.1) is 5.92 Å². The van der Waals surface area contributed by atoms with Gasteiger partial charge in [0.25, 0.3) is 0 Å². The summed E-state index contributed by atoms with van der Waals surface area (Å²) in [5.41, 5.74) is 2.28. The third kappa shape index (κ3) is 2.43. The molecule has 4 unspecified atom stereocenters. The van der Waals surface area contributed by atoms with Gasteiger partial charge in [-0.3, -0.25) is 4.68 Å². The van der Waals surface area contributed by atoms with Gasteiger partial charge in [0, 0.05) is 24.6 Å². The van der Waals surface area contributed by atoms with Crippen LogP contribution in [0.5, 0.6) is 0 Å². The number of aryl methyl sites for hydroxylation is 2. The zero-order valence-corrected chi connectivity index (χ0v) is 11.9. The van der Waals surface area contributed by atoms with E-state index in [2.05, 4.69) is 25.0 Å². The Morgan fingerprint density at radius 3 is 2.89 bits per heavy atom. The van der Waals surface area contributed by atoms with Gasteiger partial charge < -0.3 is 9.84 Å². The average Bonchev–Trinajstić information content (AvgIpc) is 3.12. The molecule has 0 aliphatic carbocycles. The molecule has 2 saturated heterocycles. The van der Waals surface area contributed by atoms with Gasteiger partial charge in [0.2, 0.25) is 0 Å². The van der Waals surface area contributed by atoms with Crippen LogP contribution in [-0.4, -0.2) is 33.2 Å². The SMILES string of the molecule is CCc1cc(CC(O)C2CC3CCC2O3)n(CC)n1. The number of ether oxygens (including phenoxy) is 1. The van der Waals surface area contributed by atoms with Gasteiger partial charge in [-0.15, -0.1) is 0 Å². The van der Waals surface area contributed by atoms with E-state index in [9.17, 15) is 5.11 Å². The van der Waals surface area contributed by atoms with Crippen LogP contribution in [0.25, 0.3) is 0 Å². The maximum Gasteiger partial charge on any atom is 0.0649 e. The smallest absolute Gasteiger partial charge is 0.0649 e. The van der Waals surface area contributed by atoms with Gasteiger partial charge in [-0.25, -0.2) is 0 Å². The summed E-state index contributed by atoms with van der Waals surface area (Å²) in [6.45, 7) is 5.09. The molecule has 3 rings (SSSR count). The predicted molar refractivity (Wildman–Crippen MR) is 73.0 cm³/mol. The highest BCUT2D eigenvalue weighted by Crippen LogP contribution is 2.41. The summed E-state index contributed by atoms with van der Waals surface area (Å²) in [7, 11) is 0. The number of nitrogens with zero attached hydrogens (tertiary/aromatic N) is 2. The lowest BCUT2D eigenvalue weighted by Gasteiger charge is -2.24. The van der Waals surface area contributed by atoms with Crippen LogP contribution in [0.3, 0.4) is 0 Å². The van der Waals surface area contributed by atoms with Crippen molar-refractivity contribution < 1.29 is 9.84 Å². The summed E-state index contributed by atoms with van der Waals surface area (Å²) in [5.74, 6) is 0.323. The van der Waals surface area contributed by atoms with Crippen LogP contribution in [-0.2, 0) is 24.1 Å². The van der Waals surface area contributed by atoms with E-state index in [0.29, 0.717) is 24.5 Å². The minimum atomic E-state index is -0.290. The number of aliphatic hydroxyl groups excluding tert-OH is 1. The van der Waals surface area contributed by atoms with Gasteiger partial charge >= 0.3 is 0 Å². The summed E-state index contributed by atoms with van der Waals surface area (Å²) in [6, 6.07) is 2.14. The molecule has 4 atom stereocenters. The van der Waals surface area contributed by atoms with Crippen LogP contribution in [0.2, 0.25) is 0 Å². The maximum absolute atomic E-state index is 10.5. The molecule has 2 bridgehead atoms. The molecule has 0 saturated carbocycles. The first-order valence-electron chi connectivity index (χ1n) is 7.60. The highest BCUT2D eigenvalue weighted by atomic mass is 16.5. The topological polar surface area (TPSA) is 47.3 Å². The highest BCUT2D eigenvalue weighted by Gasteiger charge is 2.44. The number of aromatic nitrogens is 2. The van der Waals surface area contributed by atoms with Gasteiger partial charge in [0.05, 0.1) is 24.0 Å². The zero-order chi connectivity index (χ0) is 13.4. The number of aliphatic hydroxyl groups is 1. The fraction of sp³-hybridized carbons (Fsp3) is 0.800. The van der Waals surface area contributed by atoms with Gasteiger partial charge in [-0.05, 0) is 38.7 Å². The summed E-state index contributed by atoms with van der Waals surface area (Å²) >= 11 is 0. The first kappa shape index (κ1) is 13.1. The highest BCUT2D eigenvalue weighted by molar-refractivity contribution is 5.12. The summed E-state index contributed by atoms with van der Waals surface area (Å²) < 4.78 is 7.87. The second-order valence-corrected chi connectivity index (χ2v) is 5.84. The molecule has 0 spiro atoms. The first-order chi connectivity index (χ1) is 9.21. The van der Waals surface area contributed by atoms with Crippen molar-refractivity contribution in [3.05, 3.63) is 17.5 Å². The molecule has 19 heavy (non-hydrogen) atoms. The Kier molecular flexibility index (Phi) is 3.63. The lowest BCUT2D eigenvalue weighted by Crippen LogP contribution is -2.31. The third-order valence-corrected chi connectivity index (χ3v) is 4.64. The molecule has 4 nitrogen and oxygen atoms in total. The summed E-state index contributed by atoms with van der Waals surface area (Å²) in [5, 5.41) is 15.1. The van der Waals surface area contributed by atoms with Crippen LogP contribution >= 0.6 is 0 Å². The molecule has 2 aliphatic rings. The zero-order valence-electron chi connectivity index (χ0n) is 11.9. The molecule has 0 aromatic carbocycles. The molecule has 106 valence electrons. The quantitative estimate of drug-likeness (QED) is 0.884. The minimum absolute atomic E-state index is 0.290. The molecule has 2 fully saturated rings. The van der Waals surface area contributed by atoms with Crippen LogP contribution in [0.1, 0.15) is 44.5 Å². The molecule has 0 radical (unpaired) electrons. The van der Waals surface area contributed by atoms with Crippen LogP contribution < -0.4 is 0 Å².